The molecule has 1 aromatic rings. The van der Waals surface area contributed by atoms with E-state index in [1.165, 1.54) is 6.33 Å². The zero-order valence-electron chi connectivity index (χ0n) is 7.94. The number of nitrogens with zero attached hydrogens (tertiary/aromatic N) is 2. The van der Waals surface area contributed by atoms with Gasteiger partial charge in [-0.3, -0.25) is 0 Å². The van der Waals surface area contributed by atoms with Crippen molar-refractivity contribution in [3.8, 4) is 0 Å². The van der Waals surface area contributed by atoms with Gasteiger partial charge in [-0.15, -0.1) is 0 Å². The van der Waals surface area contributed by atoms with Crippen LogP contribution in [0.5, 0.6) is 0 Å². The highest BCUT2D eigenvalue weighted by atomic mass is 35.5. The Morgan fingerprint density at radius 1 is 1.43 bits per heavy atom. The van der Waals surface area contributed by atoms with Crippen molar-refractivity contribution in [2.24, 2.45) is 5.92 Å². The maximum Gasteiger partial charge on any atom is 0.133 e. The molecule has 1 heterocycles. The second-order valence-electron chi connectivity index (χ2n) is 3.46. The van der Waals surface area contributed by atoms with Crippen molar-refractivity contribution in [3.63, 3.8) is 0 Å². The maximum atomic E-state index is 5.80. The molecule has 0 radical (unpaired) electrons. The van der Waals surface area contributed by atoms with E-state index in [1.54, 1.807) is 6.07 Å². The number of allylic oxidation sites excluding steroid dienone is 4. The first-order chi connectivity index (χ1) is 6.75. The molecule has 3 heteroatoms. The van der Waals surface area contributed by atoms with Gasteiger partial charge in [0.2, 0.25) is 0 Å². The second kappa shape index (κ2) is 3.93. The minimum Gasteiger partial charge on any atom is -0.236 e. The van der Waals surface area contributed by atoms with Crippen LogP contribution in [0.25, 0.3) is 5.57 Å². The third-order valence-corrected chi connectivity index (χ3v) is 2.41. The van der Waals surface area contributed by atoms with E-state index in [0.29, 0.717) is 11.1 Å². The van der Waals surface area contributed by atoms with Gasteiger partial charge in [0.15, 0.2) is 0 Å². The van der Waals surface area contributed by atoms with Gasteiger partial charge in [0.1, 0.15) is 11.5 Å². The molecule has 1 aromatic heterocycles. The molecule has 0 fully saturated rings. The van der Waals surface area contributed by atoms with Gasteiger partial charge in [-0.1, -0.05) is 36.8 Å². The molecule has 14 heavy (non-hydrogen) atoms. The average molecular weight is 207 g/mol. The fraction of sp³-hybridized carbons (Fsp3) is 0.273. The van der Waals surface area contributed by atoms with Crippen LogP contribution in [0.15, 0.2) is 30.6 Å². The quantitative estimate of drug-likeness (QED) is 0.660. The van der Waals surface area contributed by atoms with Crippen LogP contribution in [-0.2, 0) is 0 Å². The molecule has 0 aliphatic heterocycles. The standard InChI is InChI=1S/C11H11ClN2/c1-8-3-2-4-9(5-8)10-6-11(12)14-7-13-10/h2,4-8H,3H2,1H3. The number of hydrogen-bond acceptors (Lipinski definition) is 2. The molecular formula is C11H11ClN2. The zero-order chi connectivity index (χ0) is 9.97. The van der Waals surface area contributed by atoms with Crippen molar-refractivity contribution in [2.45, 2.75) is 13.3 Å². The van der Waals surface area contributed by atoms with Gasteiger partial charge in [0, 0.05) is 6.07 Å². The van der Waals surface area contributed by atoms with Gasteiger partial charge in [0.05, 0.1) is 5.69 Å². The molecule has 0 saturated heterocycles. The number of aromatic nitrogens is 2. The molecule has 2 rings (SSSR count). The molecule has 1 atom stereocenters. The molecule has 0 amide bonds. The number of hydrogen-bond donors (Lipinski definition) is 0. The Kier molecular flexibility index (Phi) is 2.64. The Bertz CT molecular complexity index is 396. The van der Waals surface area contributed by atoms with E-state index >= 15 is 0 Å². The van der Waals surface area contributed by atoms with E-state index in [1.807, 2.05) is 0 Å². The van der Waals surface area contributed by atoms with E-state index in [2.05, 4.69) is 35.1 Å². The molecule has 72 valence electrons. The summed E-state index contributed by atoms with van der Waals surface area (Å²) < 4.78 is 0. The first-order valence-corrected chi connectivity index (χ1v) is 5.00. The molecule has 1 aliphatic carbocycles. The SMILES string of the molecule is CC1C=C(c2cc(Cl)ncn2)C=CC1. The summed E-state index contributed by atoms with van der Waals surface area (Å²) in [6, 6.07) is 1.79. The monoisotopic (exact) mass is 206 g/mol. The summed E-state index contributed by atoms with van der Waals surface area (Å²) in [7, 11) is 0. The van der Waals surface area contributed by atoms with E-state index < -0.39 is 0 Å². The van der Waals surface area contributed by atoms with E-state index in [4.69, 9.17) is 11.6 Å². The van der Waals surface area contributed by atoms with Crippen LogP contribution >= 0.6 is 11.6 Å². The third kappa shape index (κ3) is 2.02. The van der Waals surface area contributed by atoms with Crippen molar-refractivity contribution in [3.05, 3.63) is 41.5 Å². The molecule has 0 N–H and O–H groups in total. The largest absolute Gasteiger partial charge is 0.236 e. The fourth-order valence-corrected chi connectivity index (χ4v) is 1.65. The van der Waals surface area contributed by atoms with Crippen LogP contribution in [0, 0.1) is 5.92 Å². The molecule has 0 saturated carbocycles. The Morgan fingerprint density at radius 3 is 3.00 bits per heavy atom. The predicted molar refractivity (Wildman–Crippen MR) is 57.9 cm³/mol. The summed E-state index contributed by atoms with van der Waals surface area (Å²) in [5.74, 6) is 0.573. The van der Waals surface area contributed by atoms with Crippen molar-refractivity contribution in [1.29, 1.82) is 0 Å². The Morgan fingerprint density at radius 2 is 2.29 bits per heavy atom. The minimum absolute atomic E-state index is 0.488. The summed E-state index contributed by atoms with van der Waals surface area (Å²) in [6.07, 6.45) is 9.04. The zero-order valence-corrected chi connectivity index (χ0v) is 8.70. The van der Waals surface area contributed by atoms with E-state index in [9.17, 15) is 0 Å². The third-order valence-electron chi connectivity index (χ3n) is 2.20. The Balaban J connectivity index is 2.35. The smallest absolute Gasteiger partial charge is 0.133 e. The van der Waals surface area contributed by atoms with Crippen LogP contribution in [0.2, 0.25) is 5.15 Å². The summed E-state index contributed by atoms with van der Waals surface area (Å²) >= 11 is 5.80. The first kappa shape index (κ1) is 9.41. The van der Waals surface area contributed by atoms with E-state index in [-0.39, 0.29) is 0 Å². The molecule has 0 aromatic carbocycles. The highest BCUT2D eigenvalue weighted by Gasteiger charge is 2.07. The second-order valence-corrected chi connectivity index (χ2v) is 3.85. The van der Waals surface area contributed by atoms with E-state index in [0.717, 1.165) is 17.7 Å². The van der Waals surface area contributed by atoms with Gasteiger partial charge < -0.3 is 0 Å². The average Bonchev–Trinajstić information content (AvgIpc) is 2.18. The number of rotatable bonds is 1. The van der Waals surface area contributed by atoms with Crippen LogP contribution in [0.1, 0.15) is 19.0 Å². The molecule has 1 unspecified atom stereocenters. The normalized spacial score (nSPS) is 20.7. The van der Waals surface area contributed by atoms with Crippen molar-refractivity contribution in [1.82, 2.24) is 9.97 Å². The summed E-state index contributed by atoms with van der Waals surface area (Å²) in [5.41, 5.74) is 2.03. The lowest BCUT2D eigenvalue weighted by Crippen LogP contribution is -1.97. The van der Waals surface area contributed by atoms with Gasteiger partial charge in [0.25, 0.3) is 0 Å². The van der Waals surface area contributed by atoms with Gasteiger partial charge in [-0.25, -0.2) is 9.97 Å². The molecular weight excluding hydrogens is 196 g/mol. The minimum atomic E-state index is 0.488. The van der Waals surface area contributed by atoms with Crippen LogP contribution in [0.4, 0.5) is 0 Å². The van der Waals surface area contributed by atoms with Gasteiger partial charge >= 0.3 is 0 Å². The topological polar surface area (TPSA) is 25.8 Å². The van der Waals surface area contributed by atoms with Crippen LogP contribution in [0.3, 0.4) is 0 Å². The fourth-order valence-electron chi connectivity index (χ4n) is 1.50. The Labute approximate surface area is 88.3 Å². The lowest BCUT2D eigenvalue weighted by atomic mass is 9.96. The lowest BCUT2D eigenvalue weighted by molar-refractivity contribution is 0.739. The summed E-state index contributed by atoms with van der Waals surface area (Å²) in [5, 5.41) is 0.488. The Hall–Kier alpha value is -1.15. The summed E-state index contributed by atoms with van der Waals surface area (Å²) in [4.78, 5) is 8.04. The van der Waals surface area contributed by atoms with Crippen molar-refractivity contribution < 1.29 is 0 Å². The van der Waals surface area contributed by atoms with Crippen LogP contribution in [-0.4, -0.2) is 9.97 Å². The molecule has 1 aliphatic rings. The lowest BCUT2D eigenvalue weighted by Gasteiger charge is -2.11. The van der Waals surface area contributed by atoms with Crippen molar-refractivity contribution >= 4 is 17.2 Å². The van der Waals surface area contributed by atoms with Crippen LogP contribution < -0.4 is 0 Å². The maximum absolute atomic E-state index is 5.80. The number of halogens is 1. The van der Waals surface area contributed by atoms with Gasteiger partial charge in [-0.2, -0.15) is 0 Å². The molecule has 0 bridgehead atoms. The van der Waals surface area contributed by atoms with Crippen molar-refractivity contribution in [2.75, 3.05) is 0 Å². The highest BCUT2D eigenvalue weighted by molar-refractivity contribution is 6.29. The first-order valence-electron chi connectivity index (χ1n) is 4.62. The van der Waals surface area contributed by atoms with Gasteiger partial charge in [-0.05, 0) is 17.9 Å². The highest BCUT2D eigenvalue weighted by Crippen LogP contribution is 2.23. The summed E-state index contributed by atoms with van der Waals surface area (Å²) in [6.45, 7) is 2.19. The predicted octanol–water partition coefficient (Wildman–Crippen LogP) is 3.11. The molecule has 2 nitrogen and oxygen atoms in total. The molecule has 0 spiro atoms.